The van der Waals surface area contributed by atoms with Gasteiger partial charge in [0.15, 0.2) is 6.10 Å². The number of rotatable bonds is 6. The molecular weight excluding hydrogens is 308 g/mol. The van der Waals surface area contributed by atoms with E-state index in [1.54, 1.807) is 31.4 Å². The Bertz CT molecular complexity index is 632. The third kappa shape index (κ3) is 3.89. The van der Waals surface area contributed by atoms with E-state index < -0.39 is 16.1 Å². The third-order valence-corrected chi connectivity index (χ3v) is 4.40. The molecule has 1 aromatic rings. The fraction of sp³-hybridized carbons (Fsp3) is 0.500. The van der Waals surface area contributed by atoms with Crippen molar-refractivity contribution in [1.82, 2.24) is 5.32 Å². The van der Waals surface area contributed by atoms with Crippen molar-refractivity contribution in [2.75, 3.05) is 37.4 Å². The second-order valence-corrected chi connectivity index (χ2v) is 6.91. The number of fused-ring (bicyclic) bond motifs is 1. The van der Waals surface area contributed by atoms with E-state index in [2.05, 4.69) is 5.32 Å². The monoisotopic (exact) mass is 328 g/mol. The van der Waals surface area contributed by atoms with Crippen molar-refractivity contribution < 1.29 is 22.7 Å². The average molecular weight is 328 g/mol. The second kappa shape index (κ2) is 6.97. The number of ether oxygens (including phenoxy) is 2. The summed E-state index contributed by atoms with van der Waals surface area (Å²) in [5.74, 6) is 0.0514. The van der Waals surface area contributed by atoms with Gasteiger partial charge in [-0.25, -0.2) is 8.42 Å². The Morgan fingerprint density at radius 3 is 2.86 bits per heavy atom. The highest BCUT2D eigenvalue weighted by Gasteiger charge is 2.34. The lowest BCUT2D eigenvalue weighted by atomic mass is 10.2. The van der Waals surface area contributed by atoms with E-state index in [-0.39, 0.29) is 12.5 Å². The van der Waals surface area contributed by atoms with Crippen LogP contribution in [0.4, 0.5) is 5.69 Å². The predicted octanol–water partition coefficient (Wildman–Crippen LogP) is 0.366. The van der Waals surface area contributed by atoms with Crippen LogP contribution in [0.3, 0.4) is 0 Å². The number of nitrogens with one attached hydrogen (secondary N) is 1. The van der Waals surface area contributed by atoms with Crippen molar-refractivity contribution in [2.45, 2.75) is 12.5 Å². The minimum absolute atomic E-state index is 0.0358. The van der Waals surface area contributed by atoms with Crippen LogP contribution in [0.15, 0.2) is 24.3 Å². The molecule has 1 aromatic carbocycles. The SMILES string of the molecule is COCCCNC(=O)[C@H]1CN(S(C)(=O)=O)c2ccccc2O1. The molecule has 1 amide bonds. The van der Waals surface area contributed by atoms with Gasteiger partial charge in [-0.05, 0) is 18.6 Å². The Hall–Kier alpha value is -1.80. The Balaban J connectivity index is 2.12. The Kier molecular flexibility index (Phi) is 5.25. The molecule has 1 aliphatic rings. The van der Waals surface area contributed by atoms with Crippen LogP contribution in [-0.4, -0.2) is 53.5 Å². The van der Waals surface area contributed by atoms with Crippen molar-refractivity contribution in [3.8, 4) is 5.75 Å². The van der Waals surface area contributed by atoms with Gasteiger partial charge in [-0.3, -0.25) is 9.10 Å². The number of sulfonamides is 1. The van der Waals surface area contributed by atoms with Gasteiger partial charge in [0.25, 0.3) is 5.91 Å². The standard InChI is InChI=1S/C14H20N2O5S/c1-20-9-5-8-15-14(17)13-10-16(22(2,18)19)11-6-3-4-7-12(11)21-13/h3-4,6-7,13H,5,8-10H2,1-2H3,(H,15,17)/t13-/m1/s1. The number of hydrogen-bond donors (Lipinski definition) is 1. The number of benzene rings is 1. The van der Waals surface area contributed by atoms with Crippen LogP contribution in [-0.2, 0) is 19.6 Å². The van der Waals surface area contributed by atoms with Gasteiger partial charge in [0, 0.05) is 20.3 Å². The first-order valence-electron chi connectivity index (χ1n) is 6.93. The summed E-state index contributed by atoms with van der Waals surface area (Å²) in [5, 5.41) is 2.72. The zero-order valence-electron chi connectivity index (χ0n) is 12.6. The molecule has 0 saturated heterocycles. The summed E-state index contributed by atoms with van der Waals surface area (Å²) < 4.78 is 35.6. The van der Waals surface area contributed by atoms with Crippen LogP contribution in [0.5, 0.6) is 5.75 Å². The number of anilines is 1. The summed E-state index contributed by atoms with van der Waals surface area (Å²) >= 11 is 0. The zero-order valence-corrected chi connectivity index (χ0v) is 13.4. The van der Waals surface area contributed by atoms with Crippen molar-refractivity contribution in [3.05, 3.63) is 24.3 Å². The largest absolute Gasteiger partial charge is 0.476 e. The molecule has 0 fully saturated rings. The second-order valence-electron chi connectivity index (χ2n) is 5.01. The normalized spacial score (nSPS) is 17.5. The molecule has 1 N–H and O–H groups in total. The Morgan fingerprint density at radius 1 is 1.45 bits per heavy atom. The van der Waals surface area contributed by atoms with Crippen LogP contribution in [0.25, 0.3) is 0 Å². The minimum Gasteiger partial charge on any atom is -0.476 e. The van der Waals surface area contributed by atoms with Crippen molar-refractivity contribution in [2.24, 2.45) is 0 Å². The summed E-state index contributed by atoms with van der Waals surface area (Å²) in [4.78, 5) is 12.1. The Labute approximate surface area is 130 Å². The van der Waals surface area contributed by atoms with E-state index in [0.29, 0.717) is 31.0 Å². The molecule has 2 rings (SSSR count). The summed E-state index contributed by atoms with van der Waals surface area (Å²) in [7, 11) is -1.89. The van der Waals surface area contributed by atoms with Crippen molar-refractivity contribution in [3.63, 3.8) is 0 Å². The highest BCUT2D eigenvalue weighted by molar-refractivity contribution is 7.92. The number of amides is 1. The summed E-state index contributed by atoms with van der Waals surface area (Å²) in [6, 6.07) is 6.77. The highest BCUT2D eigenvalue weighted by atomic mass is 32.2. The van der Waals surface area contributed by atoms with Crippen LogP contribution in [0.1, 0.15) is 6.42 Å². The van der Waals surface area contributed by atoms with Gasteiger partial charge in [0.2, 0.25) is 10.0 Å². The average Bonchev–Trinajstić information content (AvgIpc) is 2.49. The number of hydrogen-bond acceptors (Lipinski definition) is 5. The van der Waals surface area contributed by atoms with Gasteiger partial charge in [0.1, 0.15) is 5.75 Å². The Morgan fingerprint density at radius 2 is 2.18 bits per heavy atom. The van der Waals surface area contributed by atoms with Gasteiger partial charge in [-0.2, -0.15) is 0 Å². The first kappa shape index (κ1) is 16.6. The molecule has 0 aliphatic carbocycles. The molecular formula is C14H20N2O5S. The number of carbonyl (C=O) groups excluding carboxylic acids is 1. The van der Waals surface area contributed by atoms with Gasteiger partial charge in [-0.1, -0.05) is 12.1 Å². The minimum atomic E-state index is -3.48. The third-order valence-electron chi connectivity index (χ3n) is 3.25. The van der Waals surface area contributed by atoms with E-state index in [1.807, 2.05) is 0 Å². The smallest absolute Gasteiger partial charge is 0.263 e. The zero-order chi connectivity index (χ0) is 16.2. The maximum Gasteiger partial charge on any atom is 0.263 e. The van der Waals surface area contributed by atoms with E-state index >= 15 is 0 Å². The van der Waals surface area contributed by atoms with Crippen molar-refractivity contribution in [1.29, 1.82) is 0 Å². The topological polar surface area (TPSA) is 84.9 Å². The highest BCUT2D eigenvalue weighted by Crippen LogP contribution is 2.34. The molecule has 1 atom stereocenters. The lowest BCUT2D eigenvalue weighted by molar-refractivity contribution is -0.127. The number of methoxy groups -OCH3 is 1. The van der Waals surface area contributed by atoms with Crippen LogP contribution >= 0.6 is 0 Å². The maximum atomic E-state index is 12.1. The van der Waals surface area contributed by atoms with E-state index in [9.17, 15) is 13.2 Å². The van der Waals surface area contributed by atoms with E-state index in [4.69, 9.17) is 9.47 Å². The van der Waals surface area contributed by atoms with Gasteiger partial charge >= 0.3 is 0 Å². The fourth-order valence-corrected chi connectivity index (χ4v) is 3.11. The van der Waals surface area contributed by atoms with Gasteiger partial charge in [0.05, 0.1) is 18.5 Å². The van der Waals surface area contributed by atoms with Crippen LogP contribution in [0, 0.1) is 0 Å². The molecule has 7 nitrogen and oxygen atoms in total. The summed E-state index contributed by atoms with van der Waals surface area (Å²) in [6.07, 6.45) is 0.927. The van der Waals surface area contributed by atoms with Crippen LogP contribution in [0.2, 0.25) is 0 Å². The first-order valence-corrected chi connectivity index (χ1v) is 8.78. The van der Waals surface area contributed by atoms with Crippen LogP contribution < -0.4 is 14.4 Å². The molecule has 0 aromatic heterocycles. The molecule has 0 bridgehead atoms. The van der Waals surface area contributed by atoms with Gasteiger partial charge < -0.3 is 14.8 Å². The molecule has 0 unspecified atom stereocenters. The lowest BCUT2D eigenvalue weighted by Crippen LogP contribution is -2.50. The molecule has 1 aliphatic heterocycles. The molecule has 22 heavy (non-hydrogen) atoms. The quantitative estimate of drug-likeness (QED) is 0.763. The van der Waals surface area contributed by atoms with E-state index in [1.165, 1.54) is 4.31 Å². The molecule has 0 saturated carbocycles. The molecule has 0 spiro atoms. The molecule has 0 radical (unpaired) electrons. The predicted molar refractivity (Wildman–Crippen MR) is 82.6 cm³/mol. The molecule has 8 heteroatoms. The number of para-hydroxylation sites is 2. The fourth-order valence-electron chi connectivity index (χ4n) is 2.19. The first-order chi connectivity index (χ1) is 10.4. The molecule has 1 heterocycles. The summed E-state index contributed by atoms with van der Waals surface area (Å²) in [5.41, 5.74) is 0.452. The maximum absolute atomic E-state index is 12.1. The van der Waals surface area contributed by atoms with E-state index in [0.717, 1.165) is 6.26 Å². The number of carbonyl (C=O) groups is 1. The summed E-state index contributed by atoms with van der Waals surface area (Å²) in [6.45, 7) is 0.961. The molecule has 122 valence electrons. The van der Waals surface area contributed by atoms with Crippen molar-refractivity contribution >= 4 is 21.6 Å². The van der Waals surface area contributed by atoms with Gasteiger partial charge in [-0.15, -0.1) is 0 Å². The lowest BCUT2D eigenvalue weighted by Gasteiger charge is -2.33. The number of nitrogens with zero attached hydrogens (tertiary/aromatic N) is 1.